The molecule has 0 aliphatic carbocycles. The van der Waals surface area contributed by atoms with Crippen molar-refractivity contribution in [1.29, 1.82) is 0 Å². The molecule has 0 bridgehead atoms. The Morgan fingerprint density at radius 1 is 1.25 bits per heavy atom. The first-order valence-electron chi connectivity index (χ1n) is 5.62. The van der Waals surface area contributed by atoms with E-state index in [1.807, 2.05) is 39.0 Å². The van der Waals surface area contributed by atoms with Crippen molar-refractivity contribution in [2.24, 2.45) is 5.73 Å². The molecule has 0 aliphatic rings. The van der Waals surface area contributed by atoms with Gasteiger partial charge in [-0.05, 0) is 51.0 Å². The average molecular weight is 223 g/mol. The molecular formula is C13H21NO2. The zero-order chi connectivity index (χ0) is 12.3. The lowest BCUT2D eigenvalue weighted by Crippen LogP contribution is -2.24. The molecule has 1 aromatic rings. The standard InChI is InChI=1S/C13H21NO2/c1-8(2)16-12-6-5-11(7-9(12)3)13(15)10(4)14/h5-8,10,13,15H,14H2,1-4H3. The Balaban J connectivity index is 2.90. The van der Waals surface area contributed by atoms with Gasteiger partial charge in [-0.3, -0.25) is 0 Å². The van der Waals surface area contributed by atoms with E-state index in [0.717, 1.165) is 16.9 Å². The molecule has 3 nitrogen and oxygen atoms in total. The highest BCUT2D eigenvalue weighted by Crippen LogP contribution is 2.24. The smallest absolute Gasteiger partial charge is 0.122 e. The van der Waals surface area contributed by atoms with Gasteiger partial charge in [-0.25, -0.2) is 0 Å². The first-order valence-corrected chi connectivity index (χ1v) is 5.62. The Bertz CT molecular complexity index is 348. The van der Waals surface area contributed by atoms with E-state index in [1.54, 1.807) is 6.92 Å². The zero-order valence-electron chi connectivity index (χ0n) is 10.4. The summed E-state index contributed by atoms with van der Waals surface area (Å²) in [5.74, 6) is 0.857. The molecule has 0 aliphatic heterocycles. The van der Waals surface area contributed by atoms with Gasteiger partial charge in [-0.1, -0.05) is 6.07 Å². The molecule has 0 amide bonds. The summed E-state index contributed by atoms with van der Waals surface area (Å²) < 4.78 is 5.63. The van der Waals surface area contributed by atoms with Crippen LogP contribution < -0.4 is 10.5 Å². The second-order valence-corrected chi connectivity index (χ2v) is 4.50. The minimum atomic E-state index is -0.619. The van der Waals surface area contributed by atoms with Crippen molar-refractivity contribution >= 4 is 0 Å². The fourth-order valence-electron chi connectivity index (χ4n) is 1.55. The highest BCUT2D eigenvalue weighted by molar-refractivity contribution is 5.37. The fraction of sp³-hybridized carbons (Fsp3) is 0.538. The highest BCUT2D eigenvalue weighted by atomic mass is 16.5. The molecular weight excluding hydrogens is 202 g/mol. The van der Waals surface area contributed by atoms with E-state index in [9.17, 15) is 5.11 Å². The maximum absolute atomic E-state index is 9.83. The number of aliphatic hydroxyl groups excluding tert-OH is 1. The van der Waals surface area contributed by atoms with E-state index >= 15 is 0 Å². The van der Waals surface area contributed by atoms with Crippen molar-refractivity contribution in [3.8, 4) is 5.75 Å². The van der Waals surface area contributed by atoms with Gasteiger partial charge < -0.3 is 15.6 Å². The Morgan fingerprint density at radius 3 is 2.31 bits per heavy atom. The van der Waals surface area contributed by atoms with Crippen LogP contribution in [0.3, 0.4) is 0 Å². The van der Waals surface area contributed by atoms with E-state index in [0.29, 0.717) is 0 Å². The molecule has 2 atom stereocenters. The minimum absolute atomic E-state index is 0.155. The molecule has 0 radical (unpaired) electrons. The van der Waals surface area contributed by atoms with Gasteiger partial charge in [0, 0.05) is 6.04 Å². The van der Waals surface area contributed by atoms with Crippen LogP contribution in [0.15, 0.2) is 18.2 Å². The lowest BCUT2D eigenvalue weighted by atomic mass is 10.0. The maximum Gasteiger partial charge on any atom is 0.122 e. The van der Waals surface area contributed by atoms with Crippen LogP contribution in [-0.2, 0) is 0 Å². The molecule has 3 N–H and O–H groups in total. The van der Waals surface area contributed by atoms with Gasteiger partial charge in [0.25, 0.3) is 0 Å². The van der Waals surface area contributed by atoms with Crippen LogP contribution in [0, 0.1) is 6.92 Å². The van der Waals surface area contributed by atoms with Gasteiger partial charge in [0.2, 0.25) is 0 Å². The van der Waals surface area contributed by atoms with Crippen molar-refractivity contribution in [3.63, 3.8) is 0 Å². The molecule has 0 saturated heterocycles. The fourth-order valence-corrected chi connectivity index (χ4v) is 1.55. The second kappa shape index (κ2) is 5.32. The predicted molar refractivity (Wildman–Crippen MR) is 65.6 cm³/mol. The molecule has 16 heavy (non-hydrogen) atoms. The number of aliphatic hydroxyl groups is 1. The summed E-state index contributed by atoms with van der Waals surface area (Å²) in [6.07, 6.45) is -0.463. The van der Waals surface area contributed by atoms with Crippen molar-refractivity contribution in [3.05, 3.63) is 29.3 Å². The third-order valence-corrected chi connectivity index (χ3v) is 2.40. The van der Waals surface area contributed by atoms with Crippen molar-refractivity contribution in [1.82, 2.24) is 0 Å². The second-order valence-electron chi connectivity index (χ2n) is 4.50. The largest absolute Gasteiger partial charge is 0.491 e. The molecule has 1 aromatic carbocycles. The van der Waals surface area contributed by atoms with Gasteiger partial charge in [0.15, 0.2) is 0 Å². The van der Waals surface area contributed by atoms with E-state index in [2.05, 4.69) is 0 Å². The summed E-state index contributed by atoms with van der Waals surface area (Å²) in [6.45, 7) is 7.74. The zero-order valence-corrected chi connectivity index (χ0v) is 10.4. The molecule has 90 valence electrons. The third kappa shape index (κ3) is 3.22. The van der Waals surface area contributed by atoms with Crippen LogP contribution in [0.2, 0.25) is 0 Å². The number of nitrogens with two attached hydrogens (primary N) is 1. The Morgan fingerprint density at radius 2 is 1.88 bits per heavy atom. The Hall–Kier alpha value is -1.06. The molecule has 0 fully saturated rings. The lowest BCUT2D eigenvalue weighted by Gasteiger charge is -2.18. The summed E-state index contributed by atoms with van der Waals surface area (Å²) in [5, 5.41) is 9.83. The first kappa shape index (κ1) is 13.0. The summed E-state index contributed by atoms with van der Waals surface area (Å²) in [5.41, 5.74) is 7.51. The number of rotatable bonds is 4. The molecule has 0 heterocycles. The van der Waals surface area contributed by atoms with E-state index in [1.165, 1.54) is 0 Å². The SMILES string of the molecule is Cc1cc(C(O)C(C)N)ccc1OC(C)C. The van der Waals surface area contributed by atoms with E-state index < -0.39 is 6.10 Å². The lowest BCUT2D eigenvalue weighted by molar-refractivity contribution is 0.153. The van der Waals surface area contributed by atoms with Crippen LogP contribution >= 0.6 is 0 Å². The molecule has 0 aromatic heterocycles. The number of aryl methyl sites for hydroxylation is 1. The van der Waals surface area contributed by atoms with Gasteiger partial charge >= 0.3 is 0 Å². The Kier molecular flexibility index (Phi) is 4.33. The Labute approximate surface area is 97.2 Å². The van der Waals surface area contributed by atoms with Crippen molar-refractivity contribution < 1.29 is 9.84 Å². The summed E-state index contributed by atoms with van der Waals surface area (Å²) in [6, 6.07) is 5.40. The molecule has 0 saturated carbocycles. The van der Waals surface area contributed by atoms with E-state index in [-0.39, 0.29) is 12.1 Å². The number of benzene rings is 1. The van der Waals surface area contributed by atoms with Gasteiger partial charge in [-0.15, -0.1) is 0 Å². The summed E-state index contributed by atoms with van der Waals surface area (Å²) >= 11 is 0. The van der Waals surface area contributed by atoms with Crippen LogP contribution in [-0.4, -0.2) is 17.3 Å². The topological polar surface area (TPSA) is 55.5 Å². The molecule has 2 unspecified atom stereocenters. The molecule has 3 heteroatoms. The van der Waals surface area contributed by atoms with E-state index in [4.69, 9.17) is 10.5 Å². The number of hydrogen-bond donors (Lipinski definition) is 2. The van der Waals surface area contributed by atoms with Crippen LogP contribution in [0.4, 0.5) is 0 Å². The van der Waals surface area contributed by atoms with Gasteiger partial charge in [0.1, 0.15) is 5.75 Å². The number of ether oxygens (including phenoxy) is 1. The van der Waals surface area contributed by atoms with Gasteiger partial charge in [-0.2, -0.15) is 0 Å². The summed E-state index contributed by atoms with van der Waals surface area (Å²) in [7, 11) is 0. The van der Waals surface area contributed by atoms with Gasteiger partial charge in [0.05, 0.1) is 12.2 Å². The first-order chi connectivity index (χ1) is 7.41. The van der Waals surface area contributed by atoms with Crippen LogP contribution in [0.1, 0.15) is 38.0 Å². The molecule has 1 rings (SSSR count). The van der Waals surface area contributed by atoms with Crippen molar-refractivity contribution in [2.75, 3.05) is 0 Å². The predicted octanol–water partition coefficient (Wildman–Crippen LogP) is 2.16. The quantitative estimate of drug-likeness (QED) is 0.822. The maximum atomic E-state index is 9.83. The molecule has 0 spiro atoms. The average Bonchev–Trinajstić information content (AvgIpc) is 2.19. The normalized spacial score (nSPS) is 14.9. The monoisotopic (exact) mass is 223 g/mol. The third-order valence-electron chi connectivity index (χ3n) is 2.40. The summed E-state index contributed by atoms with van der Waals surface area (Å²) in [4.78, 5) is 0. The van der Waals surface area contributed by atoms with Crippen molar-refractivity contribution in [2.45, 2.75) is 45.9 Å². The minimum Gasteiger partial charge on any atom is -0.491 e. The van der Waals surface area contributed by atoms with Crippen LogP contribution in [0.25, 0.3) is 0 Å². The van der Waals surface area contributed by atoms with Crippen LogP contribution in [0.5, 0.6) is 5.75 Å². The number of hydrogen-bond acceptors (Lipinski definition) is 3. The highest BCUT2D eigenvalue weighted by Gasteiger charge is 2.13.